The summed E-state index contributed by atoms with van der Waals surface area (Å²) in [5.41, 5.74) is 2.89. The molecule has 0 aliphatic heterocycles. The van der Waals surface area contributed by atoms with Gasteiger partial charge in [-0.1, -0.05) is 12.1 Å². The molecule has 0 fully saturated rings. The lowest BCUT2D eigenvalue weighted by Gasteiger charge is -2.06. The zero-order valence-electron chi connectivity index (χ0n) is 15.4. The first-order valence-corrected chi connectivity index (χ1v) is 9.22. The van der Waals surface area contributed by atoms with Crippen LogP contribution < -0.4 is 5.32 Å². The van der Waals surface area contributed by atoms with Gasteiger partial charge in [0.05, 0.1) is 11.9 Å². The number of nitrogens with one attached hydrogen (secondary N) is 2. The molecule has 8 nitrogen and oxygen atoms in total. The summed E-state index contributed by atoms with van der Waals surface area (Å²) in [6.07, 6.45) is 11.7. The van der Waals surface area contributed by atoms with Crippen LogP contribution in [0.4, 0.5) is 5.82 Å². The molecule has 0 aliphatic carbocycles. The molecule has 0 aliphatic rings. The third-order valence-electron chi connectivity index (χ3n) is 4.71. The quantitative estimate of drug-likeness (QED) is 0.485. The van der Waals surface area contributed by atoms with Crippen LogP contribution >= 0.6 is 0 Å². The zero-order chi connectivity index (χ0) is 19.6. The predicted molar refractivity (Wildman–Crippen MR) is 109 cm³/mol. The summed E-state index contributed by atoms with van der Waals surface area (Å²) in [7, 11) is 0. The lowest BCUT2D eigenvalue weighted by molar-refractivity contribution is -0.116. The second-order valence-corrected chi connectivity index (χ2v) is 6.73. The number of aryl methyl sites for hydroxylation is 1. The number of fused-ring (bicyclic) bond motifs is 2. The Bertz CT molecular complexity index is 1270. The Balaban J connectivity index is 1.29. The molecule has 0 atom stereocenters. The average Bonchev–Trinajstić information content (AvgIpc) is 3.41. The number of carbonyl (C=O) groups excluding carboxylic acids is 1. The third kappa shape index (κ3) is 3.55. The first-order valence-electron chi connectivity index (χ1n) is 9.22. The third-order valence-corrected chi connectivity index (χ3v) is 4.71. The summed E-state index contributed by atoms with van der Waals surface area (Å²) in [5, 5.41) is 11.7. The number of imidazole rings is 1. The Hall–Kier alpha value is -4.07. The van der Waals surface area contributed by atoms with Crippen LogP contribution in [-0.2, 0) is 11.2 Å². The van der Waals surface area contributed by atoms with Gasteiger partial charge >= 0.3 is 0 Å². The fourth-order valence-corrected chi connectivity index (χ4v) is 3.24. The molecule has 5 rings (SSSR count). The number of anilines is 1. The molecule has 29 heavy (non-hydrogen) atoms. The van der Waals surface area contributed by atoms with E-state index in [1.165, 1.54) is 0 Å². The van der Waals surface area contributed by atoms with E-state index >= 15 is 0 Å². The van der Waals surface area contributed by atoms with Crippen molar-refractivity contribution in [3.63, 3.8) is 0 Å². The van der Waals surface area contributed by atoms with Crippen LogP contribution in [0, 0.1) is 0 Å². The molecule has 1 aromatic carbocycles. The van der Waals surface area contributed by atoms with Gasteiger partial charge in [-0.2, -0.15) is 5.10 Å². The highest BCUT2D eigenvalue weighted by Gasteiger charge is 2.08. The van der Waals surface area contributed by atoms with E-state index in [0.29, 0.717) is 24.4 Å². The van der Waals surface area contributed by atoms with E-state index < -0.39 is 0 Å². The minimum absolute atomic E-state index is 0.104. The highest BCUT2D eigenvalue weighted by molar-refractivity contribution is 5.94. The molecule has 0 unspecified atom stereocenters. The monoisotopic (exact) mass is 383 g/mol. The van der Waals surface area contributed by atoms with E-state index in [9.17, 15) is 4.79 Å². The smallest absolute Gasteiger partial charge is 0.233 e. The van der Waals surface area contributed by atoms with Crippen LogP contribution in [0.1, 0.15) is 12.1 Å². The van der Waals surface area contributed by atoms with Gasteiger partial charge in [0.1, 0.15) is 5.82 Å². The van der Waals surface area contributed by atoms with Crippen molar-refractivity contribution in [2.75, 3.05) is 5.32 Å². The fraction of sp³-hybridized carbons (Fsp3) is 0.0952. The van der Waals surface area contributed by atoms with Crippen molar-refractivity contribution in [2.45, 2.75) is 12.8 Å². The van der Waals surface area contributed by atoms with Gasteiger partial charge in [-0.25, -0.2) is 15.0 Å². The molecule has 8 heteroatoms. The SMILES string of the molecule is O=C(CCc1cn2cccnc2n1)Nc1cc2cc(-c3cn[nH]c3)ccc2cn1. The molecule has 2 N–H and O–H groups in total. The Morgan fingerprint density at radius 2 is 2.07 bits per heavy atom. The van der Waals surface area contributed by atoms with E-state index in [1.54, 1.807) is 18.6 Å². The molecular weight excluding hydrogens is 366 g/mol. The van der Waals surface area contributed by atoms with Crippen molar-refractivity contribution in [3.05, 3.63) is 73.2 Å². The molecule has 0 saturated heterocycles. The van der Waals surface area contributed by atoms with E-state index in [2.05, 4.69) is 36.5 Å². The number of hydrogen-bond donors (Lipinski definition) is 2. The minimum atomic E-state index is -0.104. The lowest BCUT2D eigenvalue weighted by Crippen LogP contribution is -2.13. The topological polar surface area (TPSA) is 101 Å². The van der Waals surface area contributed by atoms with Crippen LogP contribution in [0.2, 0.25) is 0 Å². The van der Waals surface area contributed by atoms with Gasteiger partial charge in [0.15, 0.2) is 0 Å². The standard InChI is InChI=1S/C21H17N7O/c29-20(5-4-18-13-28-7-1-6-22-21(28)26-18)27-19-9-16-8-14(17-11-24-25-12-17)2-3-15(16)10-23-19/h1-3,6-13H,4-5H2,(H,24,25)(H,23,27,29). The Morgan fingerprint density at radius 3 is 2.93 bits per heavy atom. The Kier molecular flexibility index (Phi) is 4.21. The van der Waals surface area contributed by atoms with Crippen LogP contribution in [0.25, 0.3) is 27.7 Å². The molecule has 0 saturated carbocycles. The molecule has 4 aromatic heterocycles. The van der Waals surface area contributed by atoms with Crippen molar-refractivity contribution in [3.8, 4) is 11.1 Å². The second-order valence-electron chi connectivity index (χ2n) is 6.73. The van der Waals surface area contributed by atoms with Crippen molar-refractivity contribution in [2.24, 2.45) is 0 Å². The van der Waals surface area contributed by atoms with Gasteiger partial charge in [0.2, 0.25) is 11.7 Å². The lowest BCUT2D eigenvalue weighted by atomic mass is 10.1. The summed E-state index contributed by atoms with van der Waals surface area (Å²) < 4.78 is 1.84. The van der Waals surface area contributed by atoms with E-state index in [0.717, 1.165) is 27.6 Å². The van der Waals surface area contributed by atoms with Crippen LogP contribution in [0.3, 0.4) is 0 Å². The van der Waals surface area contributed by atoms with Crippen molar-refractivity contribution >= 4 is 28.3 Å². The number of benzene rings is 1. The van der Waals surface area contributed by atoms with Crippen molar-refractivity contribution < 1.29 is 4.79 Å². The number of hydrogen-bond acceptors (Lipinski definition) is 5. The van der Waals surface area contributed by atoms with Crippen LogP contribution in [0.5, 0.6) is 0 Å². The van der Waals surface area contributed by atoms with Gasteiger partial charge < -0.3 is 5.32 Å². The average molecular weight is 383 g/mol. The number of aromatic amines is 1. The number of aromatic nitrogens is 6. The van der Waals surface area contributed by atoms with Gasteiger partial charge in [0.25, 0.3) is 0 Å². The van der Waals surface area contributed by atoms with Crippen molar-refractivity contribution in [1.29, 1.82) is 0 Å². The predicted octanol–water partition coefficient (Wildman–Crippen LogP) is 3.24. The summed E-state index contributed by atoms with van der Waals surface area (Å²) in [5.74, 6) is 1.06. The summed E-state index contributed by atoms with van der Waals surface area (Å²) >= 11 is 0. The number of carbonyl (C=O) groups is 1. The number of rotatable bonds is 5. The highest BCUT2D eigenvalue weighted by Crippen LogP contribution is 2.24. The second kappa shape index (κ2) is 7.16. The highest BCUT2D eigenvalue weighted by atomic mass is 16.1. The molecule has 0 radical (unpaired) electrons. The van der Waals surface area contributed by atoms with Crippen LogP contribution in [0.15, 0.2) is 67.5 Å². The normalized spacial score (nSPS) is 11.2. The molecule has 5 aromatic rings. The number of H-pyrrole nitrogens is 1. The summed E-state index contributed by atoms with van der Waals surface area (Å²) in [4.78, 5) is 25.3. The van der Waals surface area contributed by atoms with Gasteiger partial charge in [-0.15, -0.1) is 0 Å². The van der Waals surface area contributed by atoms with Gasteiger partial charge in [0, 0.05) is 54.8 Å². The van der Waals surface area contributed by atoms with Gasteiger partial charge in [-0.3, -0.25) is 14.3 Å². The molecular formula is C21H17N7O. The Labute approximate surface area is 165 Å². The Morgan fingerprint density at radius 1 is 1.10 bits per heavy atom. The van der Waals surface area contributed by atoms with Crippen LogP contribution in [-0.4, -0.2) is 35.5 Å². The largest absolute Gasteiger partial charge is 0.311 e. The maximum Gasteiger partial charge on any atom is 0.233 e. The van der Waals surface area contributed by atoms with Gasteiger partial charge in [-0.05, 0) is 29.1 Å². The summed E-state index contributed by atoms with van der Waals surface area (Å²) in [6.45, 7) is 0. The van der Waals surface area contributed by atoms with Crippen molar-refractivity contribution in [1.82, 2.24) is 29.5 Å². The molecule has 4 heterocycles. The maximum absolute atomic E-state index is 12.4. The number of amides is 1. The number of nitrogens with zero attached hydrogens (tertiary/aromatic N) is 5. The molecule has 1 amide bonds. The maximum atomic E-state index is 12.4. The van der Waals surface area contributed by atoms with E-state index in [4.69, 9.17) is 0 Å². The molecule has 0 spiro atoms. The first kappa shape index (κ1) is 17.1. The first-order chi connectivity index (χ1) is 14.2. The number of pyridine rings is 1. The fourth-order valence-electron chi connectivity index (χ4n) is 3.24. The molecule has 0 bridgehead atoms. The minimum Gasteiger partial charge on any atom is -0.311 e. The zero-order valence-corrected chi connectivity index (χ0v) is 15.4. The van der Waals surface area contributed by atoms with E-state index in [1.807, 2.05) is 47.3 Å². The summed E-state index contributed by atoms with van der Waals surface area (Å²) in [6, 6.07) is 9.81. The molecule has 142 valence electrons. The van der Waals surface area contributed by atoms with E-state index in [-0.39, 0.29) is 5.91 Å².